The number of fused-ring (bicyclic) bond motifs is 1. The molecule has 2 heterocycles. The SMILES string of the molecule is CC(C(=O)N1CCC(CN)C1)N1CCc2ccccc2C1.Cl.Cl. The molecule has 2 N–H and O–H groups in total. The molecule has 2 unspecified atom stereocenters. The fourth-order valence-electron chi connectivity index (χ4n) is 3.49. The van der Waals surface area contributed by atoms with E-state index in [0.29, 0.717) is 12.5 Å². The van der Waals surface area contributed by atoms with E-state index in [0.717, 1.165) is 39.0 Å². The lowest BCUT2D eigenvalue weighted by Gasteiger charge is -2.34. The second-order valence-corrected chi connectivity index (χ2v) is 6.34. The minimum atomic E-state index is -0.0325. The number of nitrogens with two attached hydrogens (primary N) is 1. The van der Waals surface area contributed by atoms with Crippen molar-refractivity contribution in [2.24, 2.45) is 11.7 Å². The topological polar surface area (TPSA) is 49.6 Å². The van der Waals surface area contributed by atoms with Crippen LogP contribution >= 0.6 is 24.8 Å². The molecule has 0 aliphatic carbocycles. The van der Waals surface area contributed by atoms with Gasteiger partial charge in [-0.2, -0.15) is 0 Å². The number of hydrogen-bond acceptors (Lipinski definition) is 3. The molecule has 1 aromatic carbocycles. The summed E-state index contributed by atoms with van der Waals surface area (Å²) in [5.74, 6) is 0.758. The molecule has 4 nitrogen and oxygen atoms in total. The van der Waals surface area contributed by atoms with E-state index in [1.807, 2.05) is 11.8 Å². The van der Waals surface area contributed by atoms with Gasteiger partial charge in [-0.3, -0.25) is 9.69 Å². The van der Waals surface area contributed by atoms with E-state index >= 15 is 0 Å². The molecule has 23 heavy (non-hydrogen) atoms. The quantitative estimate of drug-likeness (QED) is 0.898. The monoisotopic (exact) mass is 359 g/mol. The van der Waals surface area contributed by atoms with Gasteiger partial charge in [-0.25, -0.2) is 0 Å². The van der Waals surface area contributed by atoms with Crippen molar-refractivity contribution in [1.29, 1.82) is 0 Å². The Labute approximate surface area is 151 Å². The molecule has 1 saturated heterocycles. The van der Waals surface area contributed by atoms with Crippen LogP contribution in [0.3, 0.4) is 0 Å². The Kier molecular flexibility index (Phi) is 7.81. The molecule has 0 radical (unpaired) electrons. The van der Waals surface area contributed by atoms with Crippen molar-refractivity contribution in [2.45, 2.75) is 32.4 Å². The summed E-state index contributed by atoms with van der Waals surface area (Å²) in [5.41, 5.74) is 8.51. The Morgan fingerprint density at radius 3 is 2.61 bits per heavy atom. The highest BCUT2D eigenvalue weighted by Crippen LogP contribution is 2.22. The molecule has 6 heteroatoms. The van der Waals surface area contributed by atoms with Crippen molar-refractivity contribution in [3.63, 3.8) is 0 Å². The van der Waals surface area contributed by atoms with E-state index in [1.54, 1.807) is 0 Å². The van der Waals surface area contributed by atoms with E-state index in [9.17, 15) is 4.79 Å². The molecule has 130 valence electrons. The zero-order valence-corrected chi connectivity index (χ0v) is 15.2. The van der Waals surface area contributed by atoms with Crippen LogP contribution in [0, 0.1) is 5.92 Å². The van der Waals surface area contributed by atoms with Crippen LogP contribution in [0.25, 0.3) is 0 Å². The maximum atomic E-state index is 12.7. The van der Waals surface area contributed by atoms with E-state index < -0.39 is 0 Å². The van der Waals surface area contributed by atoms with Crippen molar-refractivity contribution in [2.75, 3.05) is 26.2 Å². The molecule has 0 aromatic heterocycles. The highest BCUT2D eigenvalue weighted by Gasteiger charge is 2.32. The third-order valence-corrected chi connectivity index (χ3v) is 5.00. The Bertz CT molecular complexity index is 526. The summed E-state index contributed by atoms with van der Waals surface area (Å²) < 4.78 is 0. The lowest BCUT2D eigenvalue weighted by Crippen LogP contribution is -2.48. The molecule has 2 aliphatic rings. The number of carbonyl (C=O) groups excluding carboxylic acids is 1. The van der Waals surface area contributed by atoms with Gasteiger partial charge in [-0.05, 0) is 43.4 Å². The van der Waals surface area contributed by atoms with Gasteiger partial charge < -0.3 is 10.6 Å². The summed E-state index contributed by atoms with van der Waals surface area (Å²) in [6.45, 7) is 6.30. The first-order valence-corrected chi connectivity index (χ1v) is 7.98. The lowest BCUT2D eigenvalue weighted by atomic mass is 9.98. The first-order chi connectivity index (χ1) is 10.2. The Hall–Kier alpha value is -0.810. The number of nitrogens with zero attached hydrogens (tertiary/aromatic N) is 2. The fraction of sp³-hybridized carbons (Fsp3) is 0.588. The van der Waals surface area contributed by atoms with Gasteiger partial charge in [0.2, 0.25) is 5.91 Å². The normalized spacial score (nSPS) is 21.8. The summed E-state index contributed by atoms with van der Waals surface area (Å²) in [7, 11) is 0. The van der Waals surface area contributed by atoms with Crippen molar-refractivity contribution in [3.05, 3.63) is 35.4 Å². The molecule has 1 amide bonds. The molecule has 1 fully saturated rings. The first-order valence-electron chi connectivity index (χ1n) is 7.98. The van der Waals surface area contributed by atoms with E-state index in [4.69, 9.17) is 5.73 Å². The lowest BCUT2D eigenvalue weighted by molar-refractivity contribution is -0.135. The van der Waals surface area contributed by atoms with Gasteiger partial charge in [0, 0.05) is 26.2 Å². The average Bonchev–Trinajstić information content (AvgIpc) is 3.02. The minimum absolute atomic E-state index is 0. The minimum Gasteiger partial charge on any atom is -0.341 e. The predicted molar refractivity (Wildman–Crippen MR) is 98.3 cm³/mol. The van der Waals surface area contributed by atoms with Crippen molar-refractivity contribution in [1.82, 2.24) is 9.80 Å². The van der Waals surface area contributed by atoms with Crippen molar-refractivity contribution < 1.29 is 4.79 Å². The zero-order valence-electron chi connectivity index (χ0n) is 13.6. The van der Waals surface area contributed by atoms with E-state index in [1.165, 1.54) is 11.1 Å². The maximum Gasteiger partial charge on any atom is 0.239 e. The second-order valence-electron chi connectivity index (χ2n) is 6.34. The number of likely N-dealkylation sites (tertiary alicyclic amines) is 1. The third kappa shape index (κ3) is 4.38. The molecule has 0 bridgehead atoms. The van der Waals surface area contributed by atoms with Gasteiger partial charge in [0.05, 0.1) is 6.04 Å². The number of hydrogen-bond donors (Lipinski definition) is 1. The van der Waals surface area contributed by atoms with Crippen LogP contribution in [0.1, 0.15) is 24.5 Å². The van der Waals surface area contributed by atoms with Gasteiger partial charge in [0.25, 0.3) is 0 Å². The van der Waals surface area contributed by atoms with Crippen LogP contribution in [0.15, 0.2) is 24.3 Å². The number of halogens is 2. The van der Waals surface area contributed by atoms with Crippen LogP contribution in [0.2, 0.25) is 0 Å². The third-order valence-electron chi connectivity index (χ3n) is 5.00. The summed E-state index contributed by atoms with van der Waals surface area (Å²) >= 11 is 0. The Morgan fingerprint density at radius 2 is 1.96 bits per heavy atom. The first kappa shape index (κ1) is 20.2. The highest BCUT2D eigenvalue weighted by molar-refractivity contribution is 5.85. The number of rotatable bonds is 3. The van der Waals surface area contributed by atoms with Crippen LogP contribution in [-0.2, 0) is 17.8 Å². The van der Waals surface area contributed by atoms with E-state index in [-0.39, 0.29) is 36.8 Å². The number of amides is 1. The molecule has 1 aromatic rings. The smallest absolute Gasteiger partial charge is 0.239 e. The van der Waals surface area contributed by atoms with Crippen molar-refractivity contribution in [3.8, 4) is 0 Å². The largest absolute Gasteiger partial charge is 0.341 e. The van der Waals surface area contributed by atoms with Crippen molar-refractivity contribution >= 4 is 30.7 Å². The van der Waals surface area contributed by atoms with Gasteiger partial charge in [-0.15, -0.1) is 24.8 Å². The number of benzene rings is 1. The van der Waals surface area contributed by atoms with Crippen LogP contribution in [-0.4, -0.2) is 47.9 Å². The second kappa shape index (κ2) is 8.88. The predicted octanol–water partition coefficient (Wildman–Crippen LogP) is 2.08. The van der Waals surface area contributed by atoms with Gasteiger partial charge in [0.15, 0.2) is 0 Å². The molecule has 0 saturated carbocycles. The molecule has 3 rings (SSSR count). The Morgan fingerprint density at radius 1 is 1.26 bits per heavy atom. The summed E-state index contributed by atoms with van der Waals surface area (Å²) in [6, 6.07) is 8.53. The van der Waals surface area contributed by atoms with E-state index in [2.05, 4.69) is 29.2 Å². The molecule has 0 spiro atoms. The van der Waals surface area contributed by atoms with Gasteiger partial charge >= 0.3 is 0 Å². The number of carbonyl (C=O) groups is 1. The van der Waals surface area contributed by atoms with Crippen LogP contribution in [0.5, 0.6) is 0 Å². The average molecular weight is 360 g/mol. The molecule has 2 aliphatic heterocycles. The van der Waals surface area contributed by atoms with Crippen LogP contribution in [0.4, 0.5) is 0 Å². The highest BCUT2D eigenvalue weighted by atomic mass is 35.5. The summed E-state index contributed by atoms with van der Waals surface area (Å²) in [4.78, 5) is 17.0. The zero-order chi connectivity index (χ0) is 14.8. The van der Waals surface area contributed by atoms with Crippen LogP contribution < -0.4 is 5.73 Å². The van der Waals surface area contributed by atoms with Gasteiger partial charge in [-0.1, -0.05) is 24.3 Å². The standard InChI is InChI=1S/C17H25N3O.2ClH/c1-13(17(21)20-8-6-14(10-18)11-20)19-9-7-15-4-2-3-5-16(15)12-19;;/h2-5,13-14H,6-12,18H2,1H3;2*1H. The summed E-state index contributed by atoms with van der Waals surface area (Å²) in [6.07, 6.45) is 2.09. The summed E-state index contributed by atoms with van der Waals surface area (Å²) in [5, 5.41) is 0. The molecule has 2 atom stereocenters. The molecular weight excluding hydrogens is 333 g/mol. The fourth-order valence-corrected chi connectivity index (χ4v) is 3.49. The maximum absolute atomic E-state index is 12.7. The Balaban J connectivity index is 0.00000132. The van der Waals surface area contributed by atoms with Gasteiger partial charge in [0.1, 0.15) is 0 Å². The molecular formula is C17H27Cl2N3O.